The molecule has 0 radical (unpaired) electrons. The third kappa shape index (κ3) is 3.62. The summed E-state index contributed by atoms with van der Waals surface area (Å²) in [4.78, 5) is 8.62. The van der Waals surface area contributed by atoms with Crippen LogP contribution in [-0.4, -0.2) is 47.9 Å². The first-order chi connectivity index (χ1) is 10.7. The number of nitrogens with one attached hydrogen (secondary N) is 2. The van der Waals surface area contributed by atoms with Gasteiger partial charge in [0.1, 0.15) is 5.02 Å². The van der Waals surface area contributed by atoms with E-state index in [1.165, 1.54) is 0 Å². The highest BCUT2D eigenvalue weighted by Crippen LogP contribution is 2.34. The first kappa shape index (κ1) is 15.8. The lowest BCUT2D eigenvalue weighted by Gasteiger charge is -2.43. The molecule has 0 bridgehead atoms. The Bertz CT molecular complexity index is 503. The fraction of sp³-hybridized carbons (Fsp3) is 0.733. The molecular formula is C15H23ClN4O2. The Morgan fingerprint density at radius 2 is 2.32 bits per heavy atom. The van der Waals surface area contributed by atoms with E-state index in [1.807, 2.05) is 6.92 Å². The highest BCUT2D eigenvalue weighted by Gasteiger charge is 2.38. The van der Waals surface area contributed by atoms with Crippen LogP contribution in [0.4, 0.5) is 5.95 Å². The largest absolute Gasteiger partial charge is 0.477 e. The van der Waals surface area contributed by atoms with E-state index >= 15 is 0 Å². The number of hydrogen-bond acceptors (Lipinski definition) is 6. The molecule has 2 fully saturated rings. The zero-order chi connectivity index (χ0) is 15.4. The predicted octanol–water partition coefficient (Wildman–Crippen LogP) is 2.24. The molecule has 2 aliphatic rings. The van der Waals surface area contributed by atoms with Crippen LogP contribution in [0.1, 0.15) is 32.6 Å². The van der Waals surface area contributed by atoms with Crippen molar-refractivity contribution < 1.29 is 9.47 Å². The molecule has 122 valence electrons. The average Bonchev–Trinajstić information content (AvgIpc) is 2.52. The maximum absolute atomic E-state index is 6.09. The smallest absolute Gasteiger partial charge is 0.237 e. The summed E-state index contributed by atoms with van der Waals surface area (Å²) >= 11 is 6.03. The van der Waals surface area contributed by atoms with Crippen molar-refractivity contribution in [3.8, 4) is 5.88 Å². The quantitative estimate of drug-likeness (QED) is 0.884. The molecule has 2 saturated heterocycles. The Labute approximate surface area is 136 Å². The van der Waals surface area contributed by atoms with Gasteiger partial charge in [-0.1, -0.05) is 11.6 Å². The number of anilines is 1. The molecule has 3 heterocycles. The molecule has 0 saturated carbocycles. The molecule has 2 aliphatic heterocycles. The minimum Gasteiger partial charge on any atom is -0.477 e. The summed E-state index contributed by atoms with van der Waals surface area (Å²) < 4.78 is 11.5. The molecule has 0 amide bonds. The van der Waals surface area contributed by atoms with Gasteiger partial charge in [0.05, 0.1) is 18.4 Å². The number of piperidine rings is 1. The van der Waals surface area contributed by atoms with Gasteiger partial charge in [-0.05, 0) is 45.7 Å². The van der Waals surface area contributed by atoms with E-state index in [9.17, 15) is 0 Å². The third-order valence-corrected chi connectivity index (χ3v) is 4.59. The van der Waals surface area contributed by atoms with Crippen molar-refractivity contribution >= 4 is 17.5 Å². The van der Waals surface area contributed by atoms with Crippen molar-refractivity contribution in [3.63, 3.8) is 0 Å². The Morgan fingerprint density at radius 3 is 3.09 bits per heavy atom. The van der Waals surface area contributed by atoms with Gasteiger partial charge < -0.3 is 20.1 Å². The molecular weight excluding hydrogens is 304 g/mol. The first-order valence-electron chi connectivity index (χ1n) is 7.97. The van der Waals surface area contributed by atoms with Crippen molar-refractivity contribution in [1.82, 2.24) is 15.3 Å². The fourth-order valence-electron chi connectivity index (χ4n) is 3.22. The number of rotatable bonds is 4. The van der Waals surface area contributed by atoms with Gasteiger partial charge in [0.25, 0.3) is 0 Å². The normalized spacial score (nSPS) is 24.2. The maximum Gasteiger partial charge on any atom is 0.237 e. The van der Waals surface area contributed by atoms with Crippen LogP contribution in [0.25, 0.3) is 0 Å². The van der Waals surface area contributed by atoms with Crippen LogP contribution < -0.4 is 15.4 Å². The summed E-state index contributed by atoms with van der Waals surface area (Å²) in [5, 5.41) is 7.25. The van der Waals surface area contributed by atoms with Crippen LogP contribution >= 0.6 is 11.6 Å². The maximum atomic E-state index is 6.09. The third-order valence-electron chi connectivity index (χ3n) is 4.33. The number of nitrogens with zero attached hydrogens (tertiary/aromatic N) is 2. The molecule has 7 heteroatoms. The van der Waals surface area contributed by atoms with Crippen LogP contribution in [0.15, 0.2) is 6.20 Å². The number of halogens is 1. The zero-order valence-electron chi connectivity index (χ0n) is 12.9. The zero-order valence-corrected chi connectivity index (χ0v) is 13.7. The van der Waals surface area contributed by atoms with Gasteiger partial charge in [-0.25, -0.2) is 4.98 Å². The lowest BCUT2D eigenvalue weighted by molar-refractivity contribution is -0.0987. The lowest BCUT2D eigenvalue weighted by atomic mass is 9.83. The van der Waals surface area contributed by atoms with E-state index < -0.39 is 0 Å². The van der Waals surface area contributed by atoms with E-state index in [4.69, 9.17) is 21.1 Å². The Kier molecular flexibility index (Phi) is 5.00. The summed E-state index contributed by atoms with van der Waals surface area (Å²) in [6.45, 7) is 5.27. The van der Waals surface area contributed by atoms with E-state index in [2.05, 4.69) is 20.6 Å². The van der Waals surface area contributed by atoms with Gasteiger partial charge in [0.15, 0.2) is 0 Å². The van der Waals surface area contributed by atoms with Crippen LogP contribution in [0.2, 0.25) is 5.02 Å². The van der Waals surface area contributed by atoms with E-state index in [0.29, 0.717) is 29.5 Å². The second-order valence-corrected chi connectivity index (χ2v) is 6.30. The van der Waals surface area contributed by atoms with Gasteiger partial charge in [0.2, 0.25) is 11.8 Å². The summed E-state index contributed by atoms with van der Waals surface area (Å²) in [6.07, 6.45) is 5.67. The minimum atomic E-state index is 0.0103. The predicted molar refractivity (Wildman–Crippen MR) is 85.6 cm³/mol. The first-order valence-corrected chi connectivity index (χ1v) is 8.35. The van der Waals surface area contributed by atoms with Crippen molar-refractivity contribution in [3.05, 3.63) is 11.2 Å². The monoisotopic (exact) mass is 326 g/mol. The van der Waals surface area contributed by atoms with Crippen LogP contribution in [0.5, 0.6) is 5.88 Å². The molecule has 2 N–H and O–H groups in total. The molecule has 6 nitrogen and oxygen atoms in total. The summed E-state index contributed by atoms with van der Waals surface area (Å²) in [7, 11) is 0. The van der Waals surface area contributed by atoms with Crippen molar-refractivity contribution in [1.29, 1.82) is 0 Å². The van der Waals surface area contributed by atoms with Crippen LogP contribution in [0, 0.1) is 0 Å². The second-order valence-electron chi connectivity index (χ2n) is 5.90. The van der Waals surface area contributed by atoms with Crippen molar-refractivity contribution in [2.75, 3.05) is 31.6 Å². The molecule has 0 aliphatic carbocycles. The SMILES string of the molecule is CCOc1nc(NC2CCOC3(CCNCC3)C2)ncc1Cl. The van der Waals surface area contributed by atoms with E-state index in [1.54, 1.807) is 6.20 Å². The lowest BCUT2D eigenvalue weighted by Crippen LogP contribution is -2.50. The van der Waals surface area contributed by atoms with Gasteiger partial charge in [0, 0.05) is 12.6 Å². The Balaban J connectivity index is 1.66. The summed E-state index contributed by atoms with van der Waals surface area (Å²) in [5.41, 5.74) is 0.0103. The standard InChI is InChI=1S/C15H23ClN4O2/c1-2-21-13-12(16)10-18-14(20-13)19-11-3-8-22-15(9-11)4-6-17-7-5-15/h10-11,17H,2-9H2,1H3,(H,18,19,20). The van der Waals surface area contributed by atoms with Crippen molar-refractivity contribution in [2.24, 2.45) is 0 Å². The number of hydrogen-bond donors (Lipinski definition) is 2. The number of ether oxygens (including phenoxy) is 2. The van der Waals surface area contributed by atoms with Gasteiger partial charge >= 0.3 is 0 Å². The van der Waals surface area contributed by atoms with Gasteiger partial charge in [-0.3, -0.25) is 0 Å². The topological polar surface area (TPSA) is 68.3 Å². The van der Waals surface area contributed by atoms with Gasteiger partial charge in [-0.2, -0.15) is 4.98 Å². The highest BCUT2D eigenvalue weighted by atomic mass is 35.5. The van der Waals surface area contributed by atoms with Crippen molar-refractivity contribution in [2.45, 2.75) is 44.2 Å². The molecule has 0 aromatic carbocycles. The fourth-order valence-corrected chi connectivity index (χ4v) is 3.37. The average molecular weight is 327 g/mol. The molecule has 1 unspecified atom stereocenters. The van der Waals surface area contributed by atoms with Crippen LogP contribution in [-0.2, 0) is 4.74 Å². The molecule has 3 rings (SSSR count). The molecule has 1 aromatic heterocycles. The summed E-state index contributed by atoms with van der Waals surface area (Å²) in [6, 6.07) is 0.322. The van der Waals surface area contributed by atoms with E-state index in [0.717, 1.165) is 45.4 Å². The second kappa shape index (κ2) is 6.98. The Hall–Kier alpha value is -1.11. The van der Waals surface area contributed by atoms with Gasteiger partial charge in [-0.15, -0.1) is 0 Å². The Morgan fingerprint density at radius 1 is 1.50 bits per heavy atom. The van der Waals surface area contributed by atoms with E-state index in [-0.39, 0.29) is 5.60 Å². The molecule has 22 heavy (non-hydrogen) atoms. The number of aromatic nitrogens is 2. The summed E-state index contributed by atoms with van der Waals surface area (Å²) in [5.74, 6) is 1.01. The van der Waals surface area contributed by atoms with Crippen LogP contribution in [0.3, 0.4) is 0 Å². The molecule has 1 aromatic rings. The molecule has 1 atom stereocenters. The highest BCUT2D eigenvalue weighted by molar-refractivity contribution is 6.31. The molecule has 1 spiro atoms. The minimum absolute atomic E-state index is 0.0103.